The SMILES string of the molecule is C1=C(Cn2ccnc2)c2ccccc2CN1.CC.CC.c1ccc2c(c1)CNCC2Cn1ccnc1. The Balaban J connectivity index is 0.000000177. The van der Waals surface area contributed by atoms with Crippen LogP contribution in [0.5, 0.6) is 0 Å². The van der Waals surface area contributed by atoms with Gasteiger partial charge >= 0.3 is 0 Å². The third kappa shape index (κ3) is 7.18. The highest BCUT2D eigenvalue weighted by Gasteiger charge is 2.19. The second kappa shape index (κ2) is 14.7. The first-order valence-corrected chi connectivity index (χ1v) is 13.1. The minimum absolute atomic E-state index is 0.555. The van der Waals surface area contributed by atoms with E-state index < -0.39 is 0 Å². The lowest BCUT2D eigenvalue weighted by molar-refractivity contribution is 0.481. The number of imidazole rings is 2. The third-order valence-corrected chi connectivity index (χ3v) is 6.04. The van der Waals surface area contributed by atoms with Crippen LogP contribution >= 0.6 is 0 Å². The predicted molar refractivity (Wildman–Crippen MR) is 149 cm³/mol. The van der Waals surface area contributed by atoms with E-state index in [1.165, 1.54) is 27.8 Å². The minimum atomic E-state index is 0.555. The molecule has 1 atom stereocenters. The van der Waals surface area contributed by atoms with E-state index in [0.717, 1.165) is 32.7 Å². The lowest BCUT2D eigenvalue weighted by Crippen LogP contribution is -2.30. The zero-order valence-corrected chi connectivity index (χ0v) is 22.1. The van der Waals surface area contributed by atoms with Crippen molar-refractivity contribution in [2.75, 3.05) is 6.54 Å². The molecule has 2 aliphatic rings. The van der Waals surface area contributed by atoms with Crippen molar-refractivity contribution in [3.05, 3.63) is 114 Å². The van der Waals surface area contributed by atoms with Crippen LogP contribution in [0.1, 0.15) is 55.9 Å². The summed E-state index contributed by atoms with van der Waals surface area (Å²) in [6.07, 6.45) is 13.5. The van der Waals surface area contributed by atoms with E-state index in [9.17, 15) is 0 Å². The summed E-state index contributed by atoms with van der Waals surface area (Å²) in [6, 6.07) is 17.2. The van der Waals surface area contributed by atoms with Crippen LogP contribution in [0, 0.1) is 0 Å². The molecule has 0 fully saturated rings. The highest BCUT2D eigenvalue weighted by molar-refractivity contribution is 5.69. The van der Waals surface area contributed by atoms with E-state index in [4.69, 9.17) is 0 Å². The van der Waals surface area contributed by atoms with Crippen molar-refractivity contribution < 1.29 is 0 Å². The highest BCUT2D eigenvalue weighted by Crippen LogP contribution is 2.25. The van der Waals surface area contributed by atoms with E-state index >= 15 is 0 Å². The minimum Gasteiger partial charge on any atom is -0.386 e. The van der Waals surface area contributed by atoms with Crippen molar-refractivity contribution in [3.8, 4) is 0 Å². The van der Waals surface area contributed by atoms with Gasteiger partial charge in [-0.05, 0) is 27.8 Å². The number of nitrogens with one attached hydrogen (secondary N) is 2. The third-order valence-electron chi connectivity index (χ3n) is 6.04. The van der Waals surface area contributed by atoms with Crippen molar-refractivity contribution >= 4 is 5.57 Å². The molecule has 0 spiro atoms. The molecule has 0 amide bonds. The monoisotopic (exact) mass is 484 g/mol. The second-order valence-corrected chi connectivity index (χ2v) is 8.23. The number of allylic oxidation sites excluding steroid dienone is 1. The summed E-state index contributed by atoms with van der Waals surface area (Å²) in [5.74, 6) is 0.555. The van der Waals surface area contributed by atoms with Crippen LogP contribution in [-0.4, -0.2) is 25.6 Å². The van der Waals surface area contributed by atoms with Crippen LogP contribution in [0.3, 0.4) is 0 Å². The summed E-state index contributed by atoms with van der Waals surface area (Å²) in [6.45, 7) is 12.8. The number of hydrogen-bond donors (Lipinski definition) is 2. The Hall–Kier alpha value is -3.64. The van der Waals surface area contributed by atoms with Gasteiger partial charge in [-0.15, -0.1) is 0 Å². The standard InChI is InChI=1S/C13H15N3.C13H13N3.2C2H6/c2*1-2-4-13-11(3-1)7-15-8-12(13)9-16-6-5-14-10-16;2*1-2/h1-6,10,12,15H,7-9H2;1-6,8,10,15H,7,9H2;2*1-2H3. The van der Waals surface area contributed by atoms with E-state index in [2.05, 4.69) is 84.5 Å². The van der Waals surface area contributed by atoms with Crippen molar-refractivity contribution in [2.24, 2.45) is 0 Å². The molecule has 1 unspecified atom stereocenters. The van der Waals surface area contributed by atoms with Crippen LogP contribution in [0.4, 0.5) is 0 Å². The largest absolute Gasteiger partial charge is 0.386 e. The highest BCUT2D eigenvalue weighted by atomic mass is 15.0. The molecule has 36 heavy (non-hydrogen) atoms. The quantitative estimate of drug-likeness (QED) is 0.381. The number of rotatable bonds is 4. The lowest BCUT2D eigenvalue weighted by Gasteiger charge is -2.26. The maximum Gasteiger partial charge on any atom is 0.0949 e. The first-order valence-electron chi connectivity index (χ1n) is 13.1. The average molecular weight is 485 g/mol. The molecule has 0 saturated heterocycles. The Morgan fingerprint density at radius 2 is 1.47 bits per heavy atom. The van der Waals surface area contributed by atoms with Gasteiger partial charge in [-0.2, -0.15) is 0 Å². The topological polar surface area (TPSA) is 59.7 Å². The molecule has 0 aliphatic carbocycles. The molecule has 4 aromatic rings. The molecule has 0 saturated carbocycles. The number of nitrogens with zero attached hydrogens (tertiary/aromatic N) is 4. The van der Waals surface area contributed by atoms with Crippen LogP contribution in [0.2, 0.25) is 0 Å². The first kappa shape index (κ1) is 27.0. The van der Waals surface area contributed by atoms with Crippen LogP contribution < -0.4 is 10.6 Å². The fraction of sp³-hybridized carbons (Fsp3) is 0.333. The Bertz CT molecular complexity index is 1160. The molecular weight excluding hydrogens is 444 g/mol. The molecule has 2 aromatic carbocycles. The fourth-order valence-electron chi connectivity index (χ4n) is 4.45. The van der Waals surface area contributed by atoms with Crippen LogP contribution in [-0.2, 0) is 26.2 Å². The van der Waals surface area contributed by atoms with Crippen molar-refractivity contribution in [3.63, 3.8) is 0 Å². The summed E-state index contributed by atoms with van der Waals surface area (Å²) in [5, 5.41) is 6.78. The van der Waals surface area contributed by atoms with Gasteiger partial charge in [0.25, 0.3) is 0 Å². The molecule has 6 nitrogen and oxygen atoms in total. The predicted octanol–water partition coefficient (Wildman–Crippen LogP) is 5.85. The van der Waals surface area contributed by atoms with Crippen molar-refractivity contribution in [1.82, 2.24) is 29.7 Å². The maximum atomic E-state index is 4.09. The summed E-state index contributed by atoms with van der Waals surface area (Å²) in [5.41, 5.74) is 6.92. The van der Waals surface area contributed by atoms with Crippen LogP contribution in [0.15, 0.2) is 92.2 Å². The maximum absolute atomic E-state index is 4.09. The molecule has 6 heteroatoms. The summed E-state index contributed by atoms with van der Waals surface area (Å²) in [7, 11) is 0. The Morgan fingerprint density at radius 1 is 0.806 bits per heavy atom. The van der Waals surface area contributed by atoms with Gasteiger partial charge in [0, 0.05) is 63.1 Å². The summed E-state index contributed by atoms with van der Waals surface area (Å²) < 4.78 is 4.23. The smallest absolute Gasteiger partial charge is 0.0949 e. The normalized spacial score (nSPS) is 15.1. The van der Waals surface area contributed by atoms with Gasteiger partial charge in [0.15, 0.2) is 0 Å². The Morgan fingerprint density at radius 3 is 2.19 bits per heavy atom. The molecule has 0 radical (unpaired) electrons. The van der Waals surface area contributed by atoms with Gasteiger partial charge in [0.2, 0.25) is 0 Å². The van der Waals surface area contributed by atoms with Gasteiger partial charge in [-0.1, -0.05) is 76.2 Å². The van der Waals surface area contributed by atoms with E-state index in [1.807, 2.05) is 65.1 Å². The van der Waals surface area contributed by atoms with E-state index in [-0.39, 0.29) is 0 Å². The number of aromatic nitrogens is 4. The lowest BCUT2D eigenvalue weighted by atomic mass is 9.91. The molecule has 6 rings (SSSR count). The number of hydrogen-bond acceptors (Lipinski definition) is 4. The Kier molecular flexibility index (Phi) is 11.0. The van der Waals surface area contributed by atoms with Gasteiger partial charge in [0.1, 0.15) is 0 Å². The molecular formula is C30H40N6. The zero-order chi connectivity index (χ0) is 25.6. The van der Waals surface area contributed by atoms with Gasteiger partial charge in [0.05, 0.1) is 19.2 Å². The summed E-state index contributed by atoms with van der Waals surface area (Å²) >= 11 is 0. The van der Waals surface area contributed by atoms with Crippen molar-refractivity contribution in [2.45, 2.75) is 59.8 Å². The first-order chi connectivity index (χ1) is 17.9. The van der Waals surface area contributed by atoms with E-state index in [0.29, 0.717) is 5.92 Å². The van der Waals surface area contributed by atoms with Gasteiger partial charge < -0.3 is 19.8 Å². The summed E-state index contributed by atoms with van der Waals surface area (Å²) in [4.78, 5) is 8.15. The average Bonchev–Trinajstić information content (AvgIpc) is 3.67. The molecule has 0 bridgehead atoms. The van der Waals surface area contributed by atoms with Crippen LogP contribution in [0.25, 0.3) is 5.57 Å². The number of fused-ring (bicyclic) bond motifs is 2. The number of benzene rings is 2. The zero-order valence-electron chi connectivity index (χ0n) is 22.1. The van der Waals surface area contributed by atoms with Gasteiger partial charge in [-0.25, -0.2) is 9.97 Å². The molecule has 2 aromatic heterocycles. The molecule has 190 valence electrons. The second-order valence-electron chi connectivity index (χ2n) is 8.23. The molecule has 2 N–H and O–H groups in total. The van der Waals surface area contributed by atoms with Crippen molar-refractivity contribution in [1.29, 1.82) is 0 Å². The molecule has 2 aliphatic heterocycles. The molecule has 4 heterocycles. The van der Waals surface area contributed by atoms with E-state index in [1.54, 1.807) is 0 Å². The van der Waals surface area contributed by atoms with Gasteiger partial charge in [-0.3, -0.25) is 0 Å². The Labute approximate surface area is 216 Å². The fourth-order valence-corrected chi connectivity index (χ4v) is 4.45.